The Morgan fingerprint density at radius 1 is 1.00 bits per heavy atom. The van der Waals surface area contributed by atoms with Crippen LogP contribution in [0.4, 0.5) is 28.9 Å². The molecule has 3 heterocycles. The van der Waals surface area contributed by atoms with Crippen molar-refractivity contribution in [2.24, 2.45) is 0 Å². The topological polar surface area (TPSA) is 80.9 Å². The number of ether oxygens (including phenoxy) is 1. The summed E-state index contributed by atoms with van der Waals surface area (Å²) in [5, 5.41) is 2.62. The number of nitrogens with one attached hydrogen (secondary N) is 2. The number of rotatable bonds is 6. The molecule has 0 aliphatic carbocycles. The molecule has 0 spiro atoms. The maximum absolute atomic E-state index is 15.1. The number of piperazine rings is 1. The van der Waals surface area contributed by atoms with E-state index in [1.165, 1.54) is 6.07 Å². The maximum Gasteiger partial charge on any atom is 0.417 e. The van der Waals surface area contributed by atoms with E-state index >= 15 is 4.39 Å². The SMILES string of the molecule is CN1CCN(c2ccc(-c3cc(CN4CCOCC4)ccc3F)cc2NC(=O)c2c[nH]c(=O)cc2C(F)(F)F)CC1. The molecule has 3 aromatic rings. The van der Waals surface area contributed by atoms with E-state index in [9.17, 15) is 22.8 Å². The number of carbonyl (C=O) groups is 1. The molecule has 2 aromatic carbocycles. The van der Waals surface area contributed by atoms with Crippen LogP contribution in [0.1, 0.15) is 21.5 Å². The Balaban J connectivity index is 1.51. The largest absolute Gasteiger partial charge is 0.417 e. The number of carbonyl (C=O) groups excluding carboxylic acids is 1. The fourth-order valence-electron chi connectivity index (χ4n) is 5.12. The van der Waals surface area contributed by atoms with Gasteiger partial charge in [-0.25, -0.2) is 4.39 Å². The summed E-state index contributed by atoms with van der Waals surface area (Å²) in [7, 11) is 1.99. The second kappa shape index (κ2) is 12.0. The summed E-state index contributed by atoms with van der Waals surface area (Å²) < 4.78 is 61.5. The van der Waals surface area contributed by atoms with Crippen molar-refractivity contribution in [3.05, 3.63) is 81.5 Å². The summed E-state index contributed by atoms with van der Waals surface area (Å²) in [6.45, 7) is 6.21. The number of benzene rings is 2. The second-order valence-corrected chi connectivity index (χ2v) is 10.3. The molecule has 0 unspecified atom stereocenters. The molecule has 2 aliphatic heterocycles. The van der Waals surface area contributed by atoms with Crippen molar-refractivity contribution < 1.29 is 27.1 Å². The first-order valence-corrected chi connectivity index (χ1v) is 13.4. The highest BCUT2D eigenvalue weighted by Crippen LogP contribution is 2.36. The average molecular weight is 574 g/mol. The highest BCUT2D eigenvalue weighted by atomic mass is 19.4. The minimum atomic E-state index is -4.91. The number of pyridine rings is 1. The highest BCUT2D eigenvalue weighted by molar-refractivity contribution is 6.07. The highest BCUT2D eigenvalue weighted by Gasteiger charge is 2.36. The van der Waals surface area contributed by atoms with E-state index in [1.54, 1.807) is 30.3 Å². The van der Waals surface area contributed by atoms with Gasteiger partial charge in [-0.15, -0.1) is 0 Å². The summed E-state index contributed by atoms with van der Waals surface area (Å²) in [6, 6.07) is 10.3. The van der Waals surface area contributed by atoms with Crippen molar-refractivity contribution in [3.63, 3.8) is 0 Å². The van der Waals surface area contributed by atoms with E-state index in [4.69, 9.17) is 4.74 Å². The van der Waals surface area contributed by atoms with Crippen LogP contribution in [0.3, 0.4) is 0 Å². The van der Waals surface area contributed by atoms with E-state index in [0.29, 0.717) is 55.7 Å². The molecule has 2 saturated heterocycles. The minimum absolute atomic E-state index is 0.245. The molecule has 2 aliphatic rings. The van der Waals surface area contributed by atoms with E-state index in [-0.39, 0.29) is 5.69 Å². The van der Waals surface area contributed by atoms with Gasteiger partial charge in [-0.2, -0.15) is 13.2 Å². The summed E-state index contributed by atoms with van der Waals surface area (Å²) in [5.41, 5.74) is -0.481. The molecule has 0 radical (unpaired) electrons. The molecule has 2 N–H and O–H groups in total. The molecule has 0 atom stereocenters. The molecule has 5 rings (SSSR count). The fourth-order valence-corrected chi connectivity index (χ4v) is 5.12. The van der Waals surface area contributed by atoms with Crippen LogP contribution in [-0.4, -0.2) is 80.2 Å². The Labute approximate surface area is 234 Å². The van der Waals surface area contributed by atoms with Crippen LogP contribution in [-0.2, 0) is 17.5 Å². The van der Waals surface area contributed by atoms with Crippen LogP contribution in [0.5, 0.6) is 0 Å². The Morgan fingerprint density at radius 3 is 2.44 bits per heavy atom. The number of anilines is 2. The number of aromatic amines is 1. The summed E-state index contributed by atoms with van der Waals surface area (Å²) >= 11 is 0. The van der Waals surface area contributed by atoms with Gasteiger partial charge in [0.1, 0.15) is 5.82 Å². The van der Waals surface area contributed by atoms with Gasteiger partial charge < -0.3 is 24.8 Å². The van der Waals surface area contributed by atoms with E-state index in [0.717, 1.165) is 37.9 Å². The number of hydrogen-bond donors (Lipinski definition) is 2. The molecule has 41 heavy (non-hydrogen) atoms. The summed E-state index contributed by atoms with van der Waals surface area (Å²) in [5.74, 6) is -1.50. The Bertz CT molecular complexity index is 1460. The first kappa shape index (κ1) is 28.8. The Hall–Kier alpha value is -3.74. The lowest BCUT2D eigenvalue weighted by Crippen LogP contribution is -2.44. The van der Waals surface area contributed by atoms with Gasteiger partial charge in [-0.3, -0.25) is 14.5 Å². The summed E-state index contributed by atoms with van der Waals surface area (Å²) in [4.78, 5) is 33.4. The zero-order valence-electron chi connectivity index (χ0n) is 22.6. The van der Waals surface area contributed by atoms with Gasteiger partial charge in [-0.1, -0.05) is 12.1 Å². The zero-order chi connectivity index (χ0) is 29.1. The first-order valence-electron chi connectivity index (χ1n) is 13.4. The molecule has 0 bridgehead atoms. The molecule has 8 nitrogen and oxygen atoms in total. The number of amides is 1. The number of morpholine rings is 1. The molecular weight excluding hydrogens is 542 g/mol. The van der Waals surface area contributed by atoms with E-state index in [2.05, 4.69) is 20.1 Å². The maximum atomic E-state index is 15.1. The number of hydrogen-bond acceptors (Lipinski definition) is 6. The van der Waals surface area contributed by atoms with Gasteiger partial charge in [0.05, 0.1) is 35.7 Å². The molecule has 1 amide bonds. The van der Waals surface area contributed by atoms with Gasteiger partial charge in [0.15, 0.2) is 0 Å². The average Bonchev–Trinajstić information content (AvgIpc) is 2.94. The second-order valence-electron chi connectivity index (χ2n) is 10.3. The van der Waals surface area contributed by atoms with Gasteiger partial charge in [0, 0.05) is 63.6 Å². The van der Waals surface area contributed by atoms with Crippen molar-refractivity contribution in [2.75, 3.05) is 69.7 Å². The van der Waals surface area contributed by atoms with Crippen LogP contribution in [0.2, 0.25) is 0 Å². The van der Waals surface area contributed by atoms with Crippen molar-refractivity contribution in [1.29, 1.82) is 0 Å². The smallest absolute Gasteiger partial charge is 0.379 e. The van der Waals surface area contributed by atoms with Crippen LogP contribution in [0.15, 0.2) is 53.5 Å². The monoisotopic (exact) mass is 573 g/mol. The van der Waals surface area contributed by atoms with Crippen molar-refractivity contribution in [3.8, 4) is 11.1 Å². The number of alkyl halides is 3. The van der Waals surface area contributed by atoms with Crippen LogP contribution in [0, 0.1) is 5.82 Å². The normalized spacial score (nSPS) is 17.0. The standard InChI is InChI=1S/C29H31F4N5O3/c1-36-6-8-38(9-7-36)26-5-3-20(21-14-19(2-4-24(21)30)18-37-10-12-41-13-11-37)15-25(26)35-28(40)22-17-34-27(39)16-23(22)29(31,32)33/h2-5,14-17H,6-13,18H2,1H3,(H,34,39)(H,35,40). The lowest BCUT2D eigenvalue weighted by molar-refractivity contribution is -0.138. The Kier molecular flexibility index (Phi) is 8.43. The van der Waals surface area contributed by atoms with E-state index < -0.39 is 34.6 Å². The molecule has 1 aromatic heterocycles. The minimum Gasteiger partial charge on any atom is -0.379 e. The van der Waals surface area contributed by atoms with Crippen molar-refractivity contribution in [1.82, 2.24) is 14.8 Å². The molecule has 2 fully saturated rings. The number of halogens is 4. The van der Waals surface area contributed by atoms with Crippen molar-refractivity contribution >= 4 is 17.3 Å². The fraction of sp³-hybridized carbons (Fsp3) is 0.379. The Morgan fingerprint density at radius 2 is 1.73 bits per heavy atom. The summed E-state index contributed by atoms with van der Waals surface area (Å²) in [6.07, 6.45) is -4.15. The number of aromatic nitrogens is 1. The third-order valence-corrected chi connectivity index (χ3v) is 7.41. The molecular formula is C29H31F4N5O3. The van der Waals surface area contributed by atoms with Crippen LogP contribution >= 0.6 is 0 Å². The quantitative estimate of drug-likeness (QED) is 0.434. The van der Waals surface area contributed by atoms with Gasteiger partial charge in [0.2, 0.25) is 5.56 Å². The van der Waals surface area contributed by atoms with Crippen LogP contribution < -0.4 is 15.8 Å². The van der Waals surface area contributed by atoms with Crippen LogP contribution in [0.25, 0.3) is 11.1 Å². The predicted molar refractivity (Wildman–Crippen MR) is 148 cm³/mol. The lowest BCUT2D eigenvalue weighted by Gasteiger charge is -2.35. The zero-order valence-corrected chi connectivity index (χ0v) is 22.6. The van der Waals surface area contributed by atoms with Gasteiger partial charge in [-0.05, 0) is 42.4 Å². The lowest BCUT2D eigenvalue weighted by atomic mass is 10.00. The predicted octanol–water partition coefficient (Wildman–Crippen LogP) is 4.04. The van der Waals surface area contributed by atoms with Crippen molar-refractivity contribution in [2.45, 2.75) is 12.7 Å². The molecule has 218 valence electrons. The number of H-pyrrole nitrogens is 1. The number of likely N-dealkylation sites (N-methyl/N-ethyl adjacent to an activating group) is 1. The third-order valence-electron chi connectivity index (χ3n) is 7.41. The third kappa shape index (κ3) is 6.77. The van der Waals surface area contributed by atoms with E-state index in [1.807, 2.05) is 11.9 Å². The van der Waals surface area contributed by atoms with Gasteiger partial charge >= 0.3 is 6.18 Å². The first-order chi connectivity index (χ1) is 19.6. The number of nitrogens with zero attached hydrogens (tertiary/aromatic N) is 3. The molecule has 12 heteroatoms. The van der Waals surface area contributed by atoms with Gasteiger partial charge in [0.25, 0.3) is 5.91 Å². The molecule has 0 saturated carbocycles.